The van der Waals surface area contributed by atoms with Crippen LogP contribution < -0.4 is 5.32 Å². The molecule has 1 aliphatic heterocycles. The van der Waals surface area contributed by atoms with Gasteiger partial charge in [0.05, 0.1) is 31.0 Å². The average Bonchev–Trinajstić information content (AvgIpc) is 2.59. The number of non-ortho nitro benzene ring substituents is 1. The Balaban J connectivity index is 2.60. The van der Waals surface area contributed by atoms with E-state index in [0.717, 1.165) is 0 Å². The number of methoxy groups -OCH3 is 2. The van der Waals surface area contributed by atoms with Crippen LogP contribution in [0.25, 0.3) is 0 Å². The first-order chi connectivity index (χ1) is 11.8. The molecule has 0 amide bonds. The second-order valence-corrected chi connectivity index (χ2v) is 6.22. The lowest BCUT2D eigenvalue weighted by Gasteiger charge is -2.43. The molecule has 2 rings (SSSR count). The Bertz CT molecular complexity index is 649. The molecule has 136 valence electrons. The van der Waals surface area contributed by atoms with Crippen LogP contribution >= 0.6 is 0 Å². The van der Waals surface area contributed by atoms with Gasteiger partial charge in [0.2, 0.25) is 0 Å². The van der Waals surface area contributed by atoms with Crippen molar-refractivity contribution < 1.29 is 24.0 Å². The van der Waals surface area contributed by atoms with Gasteiger partial charge in [-0.3, -0.25) is 19.7 Å². The Kier molecular flexibility index (Phi) is 5.73. The summed E-state index contributed by atoms with van der Waals surface area (Å²) in [5.41, 5.74) is 0.448. The third kappa shape index (κ3) is 3.63. The van der Waals surface area contributed by atoms with Crippen molar-refractivity contribution in [1.29, 1.82) is 0 Å². The van der Waals surface area contributed by atoms with Crippen LogP contribution in [0.3, 0.4) is 0 Å². The summed E-state index contributed by atoms with van der Waals surface area (Å²) in [5, 5.41) is 14.3. The zero-order valence-electron chi connectivity index (χ0n) is 14.6. The summed E-state index contributed by atoms with van der Waals surface area (Å²) in [6.45, 7) is 3.66. The van der Waals surface area contributed by atoms with Gasteiger partial charge in [0, 0.05) is 30.1 Å². The first kappa shape index (κ1) is 18.9. The fraction of sp³-hybridized carbons (Fsp3) is 0.529. The Morgan fingerprint density at radius 2 is 1.60 bits per heavy atom. The number of hydrogen-bond acceptors (Lipinski definition) is 7. The van der Waals surface area contributed by atoms with Gasteiger partial charge in [-0.25, -0.2) is 0 Å². The maximum Gasteiger partial charge on any atom is 0.310 e. The lowest BCUT2D eigenvalue weighted by Crippen LogP contribution is -2.58. The first-order valence-corrected chi connectivity index (χ1v) is 7.97. The quantitative estimate of drug-likeness (QED) is 0.499. The van der Waals surface area contributed by atoms with Crippen molar-refractivity contribution in [2.24, 2.45) is 11.8 Å². The molecular formula is C17H22N2O6. The van der Waals surface area contributed by atoms with Crippen LogP contribution in [0, 0.1) is 22.0 Å². The predicted molar refractivity (Wildman–Crippen MR) is 88.9 cm³/mol. The molecule has 0 spiro atoms. The number of hydrogen-bond donors (Lipinski definition) is 1. The lowest BCUT2D eigenvalue weighted by atomic mass is 9.68. The maximum absolute atomic E-state index is 12.4. The minimum absolute atomic E-state index is 0.0939. The number of carbonyl (C=O) groups is 2. The molecule has 8 nitrogen and oxygen atoms in total. The fourth-order valence-corrected chi connectivity index (χ4v) is 3.70. The van der Waals surface area contributed by atoms with Gasteiger partial charge in [0.25, 0.3) is 5.69 Å². The molecule has 0 saturated carbocycles. The van der Waals surface area contributed by atoms with Gasteiger partial charge in [0.15, 0.2) is 0 Å². The average molecular weight is 350 g/mol. The van der Waals surface area contributed by atoms with Crippen LogP contribution in [-0.4, -0.2) is 43.2 Å². The van der Waals surface area contributed by atoms with Gasteiger partial charge in [0.1, 0.15) is 0 Å². The summed E-state index contributed by atoms with van der Waals surface area (Å²) in [7, 11) is 2.56. The number of benzene rings is 1. The number of esters is 2. The monoisotopic (exact) mass is 350 g/mol. The van der Waals surface area contributed by atoms with E-state index in [4.69, 9.17) is 9.47 Å². The van der Waals surface area contributed by atoms with Crippen molar-refractivity contribution in [1.82, 2.24) is 5.32 Å². The van der Waals surface area contributed by atoms with Gasteiger partial charge in [-0.05, 0) is 19.4 Å². The number of piperidine rings is 1. The SMILES string of the molecule is COC(=O)C1C(C)NC(C)C(C(=O)OC)C1c1cccc([N+](=O)[O-])c1. The topological polar surface area (TPSA) is 108 Å². The van der Waals surface area contributed by atoms with E-state index in [9.17, 15) is 19.7 Å². The molecule has 1 heterocycles. The molecule has 0 bridgehead atoms. The molecule has 8 heteroatoms. The molecule has 0 radical (unpaired) electrons. The Labute approximate surface area is 145 Å². The van der Waals surface area contributed by atoms with Crippen LogP contribution in [0.2, 0.25) is 0 Å². The minimum Gasteiger partial charge on any atom is -0.469 e. The third-order valence-corrected chi connectivity index (χ3v) is 4.79. The second-order valence-electron chi connectivity index (χ2n) is 6.22. The highest BCUT2D eigenvalue weighted by Gasteiger charge is 2.49. The molecule has 4 atom stereocenters. The van der Waals surface area contributed by atoms with E-state index in [0.29, 0.717) is 5.56 Å². The second kappa shape index (κ2) is 7.60. The molecule has 1 aromatic rings. The smallest absolute Gasteiger partial charge is 0.310 e. The van der Waals surface area contributed by atoms with Crippen LogP contribution in [0.5, 0.6) is 0 Å². The summed E-state index contributed by atoms with van der Waals surface area (Å²) >= 11 is 0. The highest BCUT2D eigenvalue weighted by atomic mass is 16.6. The van der Waals surface area contributed by atoms with Crippen molar-refractivity contribution in [3.63, 3.8) is 0 Å². The zero-order valence-corrected chi connectivity index (χ0v) is 14.6. The number of carbonyl (C=O) groups excluding carboxylic acids is 2. The van der Waals surface area contributed by atoms with Gasteiger partial charge in [-0.15, -0.1) is 0 Å². The number of nitro groups is 1. The Morgan fingerprint density at radius 1 is 1.08 bits per heavy atom. The summed E-state index contributed by atoms with van der Waals surface area (Å²) in [6.07, 6.45) is 0. The van der Waals surface area contributed by atoms with Crippen molar-refractivity contribution in [3.8, 4) is 0 Å². The van der Waals surface area contributed by atoms with Crippen molar-refractivity contribution in [3.05, 3.63) is 39.9 Å². The summed E-state index contributed by atoms with van der Waals surface area (Å²) in [6, 6.07) is 5.47. The normalized spacial score (nSPS) is 28.9. The number of nitrogens with one attached hydrogen (secondary N) is 1. The first-order valence-electron chi connectivity index (χ1n) is 7.97. The molecule has 0 aliphatic carbocycles. The largest absolute Gasteiger partial charge is 0.469 e. The minimum atomic E-state index is -0.674. The molecule has 1 aromatic carbocycles. The van der Waals surface area contributed by atoms with Crippen LogP contribution in [0.1, 0.15) is 25.3 Å². The molecule has 1 saturated heterocycles. The molecule has 0 aromatic heterocycles. The number of ether oxygens (including phenoxy) is 2. The van der Waals surface area contributed by atoms with Crippen molar-refractivity contribution >= 4 is 17.6 Å². The Hall–Kier alpha value is -2.48. The molecule has 1 aliphatic rings. The standard InChI is InChI=1S/C17H22N2O6/c1-9-13(16(20)24-3)15(14(10(2)18-9)17(21)25-4)11-6-5-7-12(8-11)19(22)23/h5-10,13-15,18H,1-4H3. The zero-order chi connectivity index (χ0) is 18.7. The number of nitrogens with zero attached hydrogens (tertiary/aromatic N) is 1. The van der Waals surface area contributed by atoms with Gasteiger partial charge >= 0.3 is 11.9 Å². The summed E-state index contributed by atoms with van der Waals surface area (Å²) < 4.78 is 9.84. The van der Waals surface area contributed by atoms with Gasteiger partial charge in [-0.1, -0.05) is 12.1 Å². The molecule has 1 fully saturated rings. The van der Waals surface area contributed by atoms with E-state index in [1.54, 1.807) is 12.1 Å². The van der Waals surface area contributed by atoms with E-state index in [2.05, 4.69) is 5.32 Å². The van der Waals surface area contributed by atoms with E-state index in [1.807, 2.05) is 13.8 Å². The highest BCUT2D eigenvalue weighted by molar-refractivity contribution is 5.80. The van der Waals surface area contributed by atoms with E-state index in [-0.39, 0.29) is 17.8 Å². The van der Waals surface area contributed by atoms with Gasteiger partial charge in [-0.2, -0.15) is 0 Å². The van der Waals surface area contributed by atoms with Crippen LogP contribution in [0.4, 0.5) is 5.69 Å². The van der Waals surface area contributed by atoms with Gasteiger partial charge < -0.3 is 14.8 Å². The van der Waals surface area contributed by atoms with Crippen LogP contribution in [-0.2, 0) is 19.1 Å². The van der Waals surface area contributed by atoms with Crippen molar-refractivity contribution in [2.45, 2.75) is 31.8 Å². The van der Waals surface area contributed by atoms with Crippen molar-refractivity contribution in [2.75, 3.05) is 14.2 Å². The number of nitro benzene ring substituents is 1. The third-order valence-electron chi connectivity index (χ3n) is 4.79. The van der Waals surface area contributed by atoms with E-state index >= 15 is 0 Å². The Morgan fingerprint density at radius 3 is 2.04 bits per heavy atom. The molecule has 25 heavy (non-hydrogen) atoms. The lowest BCUT2D eigenvalue weighted by molar-refractivity contribution is -0.385. The highest BCUT2D eigenvalue weighted by Crippen LogP contribution is 2.42. The fourth-order valence-electron chi connectivity index (χ4n) is 3.70. The summed E-state index contributed by atoms with van der Waals surface area (Å²) in [5.74, 6) is -2.89. The maximum atomic E-state index is 12.4. The predicted octanol–water partition coefficient (Wildman–Crippen LogP) is 1.64. The van der Waals surface area contributed by atoms with E-state index in [1.165, 1.54) is 26.4 Å². The molecular weight excluding hydrogens is 328 g/mol. The molecule has 1 N–H and O–H groups in total. The van der Waals surface area contributed by atoms with Crippen LogP contribution in [0.15, 0.2) is 24.3 Å². The summed E-state index contributed by atoms with van der Waals surface area (Å²) in [4.78, 5) is 35.4. The number of rotatable bonds is 4. The van der Waals surface area contributed by atoms with E-state index < -0.39 is 34.6 Å². The molecule has 4 unspecified atom stereocenters.